The average Bonchev–Trinajstić information content (AvgIpc) is 2.31. The van der Waals surface area contributed by atoms with Crippen molar-refractivity contribution in [1.82, 2.24) is 0 Å². The molecule has 0 heterocycles. The summed E-state index contributed by atoms with van der Waals surface area (Å²) in [4.78, 5) is 12.7. The van der Waals surface area contributed by atoms with Crippen LogP contribution in [0.3, 0.4) is 0 Å². The van der Waals surface area contributed by atoms with Crippen LogP contribution in [-0.2, 0) is 4.79 Å². The molecule has 0 bridgehead atoms. The Morgan fingerprint density at radius 1 is 1.56 bits per heavy atom. The van der Waals surface area contributed by atoms with Crippen molar-refractivity contribution in [3.8, 4) is 5.75 Å². The van der Waals surface area contributed by atoms with Gasteiger partial charge in [0.1, 0.15) is 5.75 Å². The standard InChI is InChI=1S/C13H18ClNO3/c1-8-5-11(12(18-4)6-10(8)14)15(3)7-9(2)13(16)17/h5-6,9H,7H2,1-4H3,(H,16,17). The average molecular weight is 272 g/mol. The summed E-state index contributed by atoms with van der Waals surface area (Å²) in [5, 5.41) is 9.56. The van der Waals surface area contributed by atoms with Crippen molar-refractivity contribution in [3.05, 3.63) is 22.7 Å². The van der Waals surface area contributed by atoms with Crippen LogP contribution in [0, 0.1) is 12.8 Å². The molecule has 0 aliphatic carbocycles. The van der Waals surface area contributed by atoms with Crippen LogP contribution in [0.4, 0.5) is 5.69 Å². The molecule has 4 nitrogen and oxygen atoms in total. The fraction of sp³-hybridized carbons (Fsp3) is 0.462. The number of carboxylic acid groups (broad SMARTS) is 1. The summed E-state index contributed by atoms with van der Waals surface area (Å²) in [6.07, 6.45) is 0. The maximum Gasteiger partial charge on any atom is 0.308 e. The third-order valence-electron chi connectivity index (χ3n) is 2.84. The van der Waals surface area contributed by atoms with Gasteiger partial charge in [-0.15, -0.1) is 0 Å². The summed E-state index contributed by atoms with van der Waals surface area (Å²) in [5.74, 6) is -0.618. The molecule has 0 aliphatic rings. The van der Waals surface area contributed by atoms with Gasteiger partial charge in [0.2, 0.25) is 0 Å². The van der Waals surface area contributed by atoms with Crippen molar-refractivity contribution < 1.29 is 14.6 Å². The van der Waals surface area contributed by atoms with Gasteiger partial charge in [0.15, 0.2) is 0 Å². The Balaban J connectivity index is 3.01. The maximum absolute atomic E-state index is 10.9. The second-order valence-electron chi connectivity index (χ2n) is 4.39. The predicted octanol–water partition coefficient (Wildman–Crippen LogP) is 2.81. The summed E-state index contributed by atoms with van der Waals surface area (Å²) < 4.78 is 5.27. The summed E-state index contributed by atoms with van der Waals surface area (Å²) in [6.45, 7) is 3.99. The molecule has 1 atom stereocenters. The summed E-state index contributed by atoms with van der Waals surface area (Å²) in [5.41, 5.74) is 1.77. The second kappa shape index (κ2) is 5.96. The number of methoxy groups -OCH3 is 1. The largest absolute Gasteiger partial charge is 0.495 e. The Hall–Kier alpha value is -1.42. The van der Waals surface area contributed by atoms with E-state index in [1.165, 1.54) is 0 Å². The number of rotatable bonds is 5. The lowest BCUT2D eigenvalue weighted by atomic mass is 10.1. The van der Waals surface area contributed by atoms with Crippen molar-refractivity contribution in [3.63, 3.8) is 0 Å². The van der Waals surface area contributed by atoms with E-state index in [1.54, 1.807) is 20.1 Å². The van der Waals surface area contributed by atoms with E-state index >= 15 is 0 Å². The fourth-order valence-electron chi connectivity index (χ4n) is 1.70. The zero-order chi connectivity index (χ0) is 13.9. The van der Waals surface area contributed by atoms with E-state index in [0.29, 0.717) is 17.3 Å². The zero-order valence-corrected chi connectivity index (χ0v) is 11.8. The van der Waals surface area contributed by atoms with Crippen LogP contribution in [0.5, 0.6) is 5.75 Å². The Bertz CT molecular complexity index is 448. The van der Waals surface area contributed by atoms with Gasteiger partial charge in [-0.05, 0) is 18.6 Å². The third-order valence-corrected chi connectivity index (χ3v) is 3.25. The summed E-state index contributed by atoms with van der Waals surface area (Å²) in [6, 6.07) is 3.64. The number of aliphatic carboxylic acids is 1. The minimum absolute atomic E-state index is 0.409. The van der Waals surface area contributed by atoms with Crippen LogP contribution in [0.15, 0.2) is 12.1 Å². The van der Waals surface area contributed by atoms with Crippen molar-refractivity contribution in [2.24, 2.45) is 5.92 Å². The molecule has 0 radical (unpaired) electrons. The normalized spacial score (nSPS) is 12.1. The Morgan fingerprint density at radius 2 is 2.17 bits per heavy atom. The number of halogens is 1. The highest BCUT2D eigenvalue weighted by molar-refractivity contribution is 6.31. The topological polar surface area (TPSA) is 49.8 Å². The van der Waals surface area contributed by atoms with Crippen LogP contribution < -0.4 is 9.64 Å². The molecule has 1 unspecified atom stereocenters. The lowest BCUT2D eigenvalue weighted by Gasteiger charge is -2.24. The second-order valence-corrected chi connectivity index (χ2v) is 4.80. The molecule has 18 heavy (non-hydrogen) atoms. The van der Waals surface area contributed by atoms with Crippen LogP contribution in [-0.4, -0.2) is 31.8 Å². The Labute approximate surface area is 112 Å². The molecule has 0 fully saturated rings. The van der Waals surface area contributed by atoms with E-state index in [1.807, 2.05) is 24.9 Å². The number of nitrogens with zero attached hydrogens (tertiary/aromatic N) is 1. The summed E-state index contributed by atoms with van der Waals surface area (Å²) in [7, 11) is 3.41. The molecular weight excluding hydrogens is 254 g/mol. The van der Waals surface area contributed by atoms with E-state index in [0.717, 1.165) is 11.3 Å². The maximum atomic E-state index is 10.9. The number of aryl methyl sites for hydroxylation is 1. The molecular formula is C13H18ClNO3. The van der Waals surface area contributed by atoms with E-state index in [-0.39, 0.29) is 0 Å². The molecule has 0 spiro atoms. The molecule has 0 aliphatic heterocycles. The van der Waals surface area contributed by atoms with E-state index in [2.05, 4.69) is 0 Å². The molecule has 0 saturated heterocycles. The Kier molecular flexibility index (Phi) is 4.84. The smallest absolute Gasteiger partial charge is 0.308 e. The van der Waals surface area contributed by atoms with Crippen molar-refractivity contribution in [2.45, 2.75) is 13.8 Å². The van der Waals surface area contributed by atoms with Gasteiger partial charge >= 0.3 is 5.97 Å². The molecule has 1 N–H and O–H groups in total. The van der Waals surface area contributed by atoms with Gasteiger partial charge in [0.05, 0.1) is 18.7 Å². The van der Waals surface area contributed by atoms with Gasteiger partial charge in [0.25, 0.3) is 0 Å². The zero-order valence-electron chi connectivity index (χ0n) is 11.0. The van der Waals surface area contributed by atoms with Crippen LogP contribution in [0.1, 0.15) is 12.5 Å². The number of carbonyl (C=O) groups is 1. The molecule has 1 aromatic rings. The first kappa shape index (κ1) is 14.6. The number of benzene rings is 1. The van der Waals surface area contributed by atoms with E-state index in [4.69, 9.17) is 21.4 Å². The van der Waals surface area contributed by atoms with Gasteiger partial charge in [-0.3, -0.25) is 4.79 Å². The molecule has 5 heteroatoms. The fourth-order valence-corrected chi connectivity index (χ4v) is 1.85. The number of carboxylic acids is 1. The lowest BCUT2D eigenvalue weighted by molar-refractivity contribution is -0.140. The highest BCUT2D eigenvalue weighted by Gasteiger charge is 2.17. The van der Waals surface area contributed by atoms with Gasteiger partial charge < -0.3 is 14.7 Å². The van der Waals surface area contributed by atoms with Crippen LogP contribution in [0.2, 0.25) is 5.02 Å². The monoisotopic (exact) mass is 271 g/mol. The summed E-state index contributed by atoms with van der Waals surface area (Å²) >= 11 is 6.03. The van der Waals surface area contributed by atoms with Crippen LogP contribution >= 0.6 is 11.6 Å². The van der Waals surface area contributed by atoms with Crippen molar-refractivity contribution in [2.75, 3.05) is 25.6 Å². The highest BCUT2D eigenvalue weighted by atomic mass is 35.5. The van der Waals surface area contributed by atoms with Crippen molar-refractivity contribution >= 4 is 23.3 Å². The molecule has 1 rings (SSSR count). The lowest BCUT2D eigenvalue weighted by Crippen LogP contribution is -2.28. The minimum Gasteiger partial charge on any atom is -0.495 e. The Morgan fingerprint density at radius 3 is 2.67 bits per heavy atom. The van der Waals surface area contributed by atoms with Crippen LogP contribution in [0.25, 0.3) is 0 Å². The number of hydrogen-bond acceptors (Lipinski definition) is 3. The van der Waals surface area contributed by atoms with Gasteiger partial charge in [-0.1, -0.05) is 18.5 Å². The first-order valence-corrected chi connectivity index (χ1v) is 6.02. The quantitative estimate of drug-likeness (QED) is 0.895. The molecule has 0 aromatic heterocycles. The molecule has 1 aromatic carbocycles. The SMILES string of the molecule is COc1cc(Cl)c(C)cc1N(C)CC(C)C(=O)O. The van der Waals surface area contributed by atoms with Gasteiger partial charge in [-0.2, -0.15) is 0 Å². The van der Waals surface area contributed by atoms with Crippen molar-refractivity contribution in [1.29, 1.82) is 0 Å². The third kappa shape index (κ3) is 3.29. The number of ether oxygens (including phenoxy) is 1. The number of hydrogen-bond donors (Lipinski definition) is 1. The minimum atomic E-state index is -0.813. The van der Waals surface area contributed by atoms with E-state index < -0.39 is 11.9 Å². The molecule has 100 valence electrons. The first-order valence-electron chi connectivity index (χ1n) is 5.65. The molecule has 0 amide bonds. The van der Waals surface area contributed by atoms with E-state index in [9.17, 15) is 4.79 Å². The molecule has 0 saturated carbocycles. The van der Waals surface area contributed by atoms with Gasteiger partial charge in [0, 0.05) is 24.7 Å². The predicted molar refractivity (Wildman–Crippen MR) is 72.8 cm³/mol. The number of anilines is 1. The van der Waals surface area contributed by atoms with Gasteiger partial charge in [-0.25, -0.2) is 0 Å². The first-order chi connectivity index (χ1) is 8.36. The highest BCUT2D eigenvalue weighted by Crippen LogP contribution is 2.33.